The number of oxazole rings is 1. The van der Waals surface area contributed by atoms with Crippen molar-refractivity contribution >= 4 is 15.9 Å². The molecule has 0 amide bonds. The molecule has 0 unspecified atom stereocenters. The van der Waals surface area contributed by atoms with Crippen molar-refractivity contribution < 1.29 is 13.5 Å². The number of hydrogen-bond donors (Lipinski definition) is 1. The fraction of sp³-hybridized carbons (Fsp3) is 0.250. The molecule has 0 aliphatic rings. The molecule has 1 N–H and O–H groups in total. The molecule has 0 aliphatic heterocycles. The summed E-state index contributed by atoms with van der Waals surface area (Å²) in [7, 11) is 0. The van der Waals surface area contributed by atoms with Crippen LogP contribution in [0.2, 0.25) is 0 Å². The average Bonchev–Trinajstić information content (AvgIpc) is 2.72. The summed E-state index contributed by atoms with van der Waals surface area (Å²) in [6.07, 6.45) is 1.60. The zero-order chi connectivity index (χ0) is 13.0. The number of nitrogens with zero attached hydrogens (tertiary/aromatic N) is 1. The second-order valence-electron chi connectivity index (χ2n) is 3.59. The molecule has 0 bridgehead atoms. The van der Waals surface area contributed by atoms with Gasteiger partial charge >= 0.3 is 6.08 Å². The minimum atomic E-state index is -0.390. The first kappa shape index (κ1) is 13.0. The minimum Gasteiger partial charge on any atom is -0.417 e. The molecule has 0 fully saturated rings. The van der Waals surface area contributed by atoms with E-state index in [4.69, 9.17) is 9.15 Å². The van der Waals surface area contributed by atoms with Crippen LogP contribution in [0, 0.1) is 5.82 Å². The summed E-state index contributed by atoms with van der Waals surface area (Å²) in [5.41, 5.74) is 0.738. The van der Waals surface area contributed by atoms with Crippen LogP contribution in [0.3, 0.4) is 0 Å². The fourth-order valence-electron chi connectivity index (χ4n) is 1.36. The molecule has 96 valence electrons. The van der Waals surface area contributed by atoms with E-state index in [1.54, 1.807) is 6.07 Å². The number of nitrogens with one attached hydrogen (secondary N) is 1. The standard InChI is InChI=1S/C12H12BrFN2O2/c1-2-15-6-10-7-17-12(16-10)18-11-4-8(13)3-9(14)5-11/h3-5,7,15H,2,6H2,1H3. The van der Waals surface area contributed by atoms with Gasteiger partial charge in [0.2, 0.25) is 0 Å². The van der Waals surface area contributed by atoms with Crippen molar-refractivity contribution in [3.8, 4) is 11.8 Å². The maximum Gasteiger partial charge on any atom is 0.399 e. The highest BCUT2D eigenvalue weighted by molar-refractivity contribution is 9.10. The van der Waals surface area contributed by atoms with Crippen LogP contribution >= 0.6 is 15.9 Å². The molecule has 0 aliphatic carbocycles. The van der Waals surface area contributed by atoms with E-state index in [-0.39, 0.29) is 11.9 Å². The lowest BCUT2D eigenvalue weighted by Crippen LogP contribution is -2.11. The van der Waals surface area contributed by atoms with Crippen molar-refractivity contribution in [1.29, 1.82) is 0 Å². The zero-order valence-electron chi connectivity index (χ0n) is 9.74. The van der Waals surface area contributed by atoms with Crippen LogP contribution in [-0.2, 0) is 6.54 Å². The number of rotatable bonds is 5. The predicted octanol–water partition coefficient (Wildman–Crippen LogP) is 3.48. The SMILES string of the molecule is CCNCc1coc(Oc2cc(F)cc(Br)c2)n1. The number of aromatic nitrogens is 1. The molecule has 2 rings (SSSR count). The Hall–Kier alpha value is -1.40. The highest BCUT2D eigenvalue weighted by atomic mass is 79.9. The lowest BCUT2D eigenvalue weighted by Gasteiger charge is -2.01. The zero-order valence-corrected chi connectivity index (χ0v) is 11.3. The summed E-state index contributed by atoms with van der Waals surface area (Å²) in [6.45, 7) is 3.46. The molecule has 0 spiro atoms. The molecule has 6 heteroatoms. The lowest BCUT2D eigenvalue weighted by atomic mass is 10.3. The number of benzene rings is 1. The Bertz CT molecular complexity index is 510. The van der Waals surface area contributed by atoms with Crippen LogP contribution in [0.5, 0.6) is 11.8 Å². The molecule has 4 nitrogen and oxygen atoms in total. The molecule has 18 heavy (non-hydrogen) atoms. The first-order valence-electron chi connectivity index (χ1n) is 5.46. The van der Waals surface area contributed by atoms with E-state index >= 15 is 0 Å². The maximum atomic E-state index is 13.1. The first-order chi connectivity index (χ1) is 8.67. The maximum absolute atomic E-state index is 13.1. The van der Waals surface area contributed by atoms with Gasteiger partial charge in [-0.1, -0.05) is 22.9 Å². The Morgan fingerprint density at radius 3 is 3.00 bits per heavy atom. The highest BCUT2D eigenvalue weighted by Gasteiger charge is 2.07. The van der Waals surface area contributed by atoms with Gasteiger partial charge in [0.15, 0.2) is 0 Å². The Kier molecular flexibility index (Phi) is 4.33. The molecular weight excluding hydrogens is 303 g/mol. The molecule has 0 atom stereocenters. The molecular formula is C12H12BrFN2O2. The lowest BCUT2D eigenvalue weighted by molar-refractivity contribution is 0.329. The summed E-state index contributed by atoms with van der Waals surface area (Å²) in [6, 6.07) is 4.25. The third-order valence-electron chi connectivity index (χ3n) is 2.13. The third kappa shape index (κ3) is 3.54. The molecule has 0 radical (unpaired) electrons. The van der Waals surface area contributed by atoms with E-state index in [0.717, 1.165) is 12.2 Å². The van der Waals surface area contributed by atoms with Crippen LogP contribution in [0.4, 0.5) is 4.39 Å². The van der Waals surface area contributed by atoms with E-state index in [1.807, 2.05) is 6.92 Å². The normalized spacial score (nSPS) is 10.6. The van der Waals surface area contributed by atoms with Crippen molar-refractivity contribution in [2.75, 3.05) is 6.54 Å². The number of ether oxygens (including phenoxy) is 1. The van der Waals surface area contributed by atoms with Gasteiger partial charge in [-0.15, -0.1) is 0 Å². The van der Waals surface area contributed by atoms with Gasteiger partial charge in [-0.2, -0.15) is 4.98 Å². The fourth-order valence-corrected chi connectivity index (χ4v) is 1.80. The van der Waals surface area contributed by atoms with Crippen molar-refractivity contribution in [3.63, 3.8) is 0 Å². The summed E-state index contributed by atoms with van der Waals surface area (Å²) in [5.74, 6) is -0.0578. The number of hydrogen-bond acceptors (Lipinski definition) is 4. The van der Waals surface area contributed by atoms with E-state index in [2.05, 4.69) is 26.2 Å². The van der Waals surface area contributed by atoms with E-state index in [9.17, 15) is 4.39 Å². The van der Waals surface area contributed by atoms with Gasteiger partial charge in [-0.05, 0) is 18.7 Å². The highest BCUT2D eigenvalue weighted by Crippen LogP contribution is 2.25. The summed E-state index contributed by atoms with van der Waals surface area (Å²) >= 11 is 3.18. The quantitative estimate of drug-likeness (QED) is 0.918. The third-order valence-corrected chi connectivity index (χ3v) is 2.59. The molecule has 0 saturated carbocycles. The van der Waals surface area contributed by atoms with Crippen molar-refractivity contribution in [2.24, 2.45) is 0 Å². The summed E-state index contributed by atoms with van der Waals surface area (Å²) in [4.78, 5) is 4.11. The van der Waals surface area contributed by atoms with E-state index < -0.39 is 0 Å². The number of halogens is 2. The van der Waals surface area contributed by atoms with Crippen LogP contribution < -0.4 is 10.1 Å². The Morgan fingerprint density at radius 2 is 2.28 bits per heavy atom. The molecule has 1 aromatic heterocycles. The summed E-state index contributed by atoms with van der Waals surface area (Å²) in [5, 5.41) is 3.11. The molecule has 1 heterocycles. The monoisotopic (exact) mass is 314 g/mol. The first-order valence-corrected chi connectivity index (χ1v) is 6.25. The van der Waals surface area contributed by atoms with Gasteiger partial charge in [-0.3, -0.25) is 0 Å². The van der Waals surface area contributed by atoms with Crippen LogP contribution in [0.1, 0.15) is 12.6 Å². The average molecular weight is 315 g/mol. The molecule has 2 aromatic rings. The minimum absolute atomic E-state index is 0.0976. The second kappa shape index (κ2) is 5.97. The Morgan fingerprint density at radius 1 is 1.44 bits per heavy atom. The summed E-state index contributed by atoms with van der Waals surface area (Å²) < 4.78 is 24.2. The van der Waals surface area contributed by atoms with Gasteiger partial charge in [0, 0.05) is 17.1 Å². The van der Waals surface area contributed by atoms with Gasteiger partial charge in [0.1, 0.15) is 17.8 Å². The van der Waals surface area contributed by atoms with Gasteiger partial charge < -0.3 is 14.5 Å². The van der Waals surface area contributed by atoms with Gasteiger partial charge in [-0.25, -0.2) is 4.39 Å². The van der Waals surface area contributed by atoms with Crippen LogP contribution in [0.15, 0.2) is 33.4 Å². The van der Waals surface area contributed by atoms with E-state index in [0.29, 0.717) is 16.8 Å². The van der Waals surface area contributed by atoms with Crippen molar-refractivity contribution in [2.45, 2.75) is 13.5 Å². The topological polar surface area (TPSA) is 47.3 Å². The van der Waals surface area contributed by atoms with Crippen molar-refractivity contribution in [1.82, 2.24) is 10.3 Å². The molecule has 1 aromatic carbocycles. The largest absolute Gasteiger partial charge is 0.417 e. The van der Waals surface area contributed by atoms with Crippen LogP contribution in [0.25, 0.3) is 0 Å². The van der Waals surface area contributed by atoms with Crippen LogP contribution in [-0.4, -0.2) is 11.5 Å². The van der Waals surface area contributed by atoms with E-state index in [1.165, 1.54) is 18.4 Å². The second-order valence-corrected chi connectivity index (χ2v) is 4.51. The smallest absolute Gasteiger partial charge is 0.399 e. The Balaban J connectivity index is 2.06. The van der Waals surface area contributed by atoms with Crippen molar-refractivity contribution in [3.05, 3.63) is 40.4 Å². The molecule has 0 saturated heterocycles. The van der Waals surface area contributed by atoms with Gasteiger partial charge in [0.05, 0.1) is 5.69 Å². The van der Waals surface area contributed by atoms with Gasteiger partial charge in [0.25, 0.3) is 0 Å². The Labute approximate surface area is 112 Å². The predicted molar refractivity (Wildman–Crippen MR) is 68.1 cm³/mol.